The average Bonchev–Trinajstić information content (AvgIpc) is 3.14. The van der Waals surface area contributed by atoms with Crippen LogP contribution in [0.4, 0.5) is 23.7 Å². The highest BCUT2D eigenvalue weighted by Crippen LogP contribution is 2.41. The highest BCUT2D eigenvalue weighted by atomic mass is 28.4. The van der Waals surface area contributed by atoms with Crippen molar-refractivity contribution in [1.29, 1.82) is 0 Å². The third kappa shape index (κ3) is 12.0. The number of benzene rings is 2. The van der Waals surface area contributed by atoms with E-state index in [1.807, 2.05) is 20.8 Å². The van der Waals surface area contributed by atoms with Gasteiger partial charge in [-0.15, -0.1) is 0 Å². The Balaban J connectivity index is 1.73. The van der Waals surface area contributed by atoms with Crippen molar-refractivity contribution in [3.8, 4) is 11.3 Å². The maximum Gasteiger partial charge on any atom is 0.415 e. The predicted octanol–water partition coefficient (Wildman–Crippen LogP) is 6.42. The molecule has 1 aromatic heterocycles. The Morgan fingerprint density at radius 1 is 0.946 bits per heavy atom. The molecule has 306 valence electrons. The molecule has 2 unspecified atom stereocenters. The topological polar surface area (TPSA) is 140 Å². The number of aromatic nitrogens is 1. The summed E-state index contributed by atoms with van der Waals surface area (Å²) in [5.41, 5.74) is -0.362. The summed E-state index contributed by atoms with van der Waals surface area (Å²) >= 11 is 0. The lowest BCUT2D eigenvalue weighted by Gasteiger charge is -2.42. The van der Waals surface area contributed by atoms with Gasteiger partial charge >= 0.3 is 12.3 Å². The minimum absolute atomic E-state index is 0.123. The van der Waals surface area contributed by atoms with Gasteiger partial charge in [0, 0.05) is 26.2 Å². The minimum atomic E-state index is -4.82. The van der Waals surface area contributed by atoms with Gasteiger partial charge in [-0.2, -0.15) is 13.2 Å². The van der Waals surface area contributed by atoms with E-state index in [9.17, 15) is 32.3 Å². The van der Waals surface area contributed by atoms with Crippen LogP contribution in [-0.2, 0) is 31.8 Å². The van der Waals surface area contributed by atoms with Crippen LogP contribution < -0.4 is 21.5 Å². The van der Waals surface area contributed by atoms with Crippen molar-refractivity contribution in [1.82, 2.24) is 20.1 Å². The summed E-state index contributed by atoms with van der Waals surface area (Å²) in [6.07, 6.45) is -8.18. The maximum absolute atomic E-state index is 14.7. The van der Waals surface area contributed by atoms with Gasteiger partial charge in [0.15, 0.2) is 14.4 Å². The minimum Gasteiger partial charge on any atom is -0.444 e. The molecular weight excluding hydrogens is 748 g/mol. The molecule has 0 bridgehead atoms. The predicted molar refractivity (Wildman–Crippen MR) is 211 cm³/mol. The molecule has 16 heteroatoms. The van der Waals surface area contributed by atoms with E-state index in [2.05, 4.69) is 20.9 Å². The second-order valence-electron chi connectivity index (χ2n) is 15.6. The number of hydrogen-bond acceptors (Lipinski definition) is 8. The Morgan fingerprint density at radius 3 is 2.12 bits per heavy atom. The summed E-state index contributed by atoms with van der Waals surface area (Å²) < 4.78 is 61.9. The van der Waals surface area contributed by atoms with Crippen LogP contribution in [0.25, 0.3) is 11.3 Å². The molecular formula is C40H54F3N5O7Si. The van der Waals surface area contributed by atoms with E-state index in [-0.39, 0.29) is 24.4 Å². The largest absolute Gasteiger partial charge is 0.444 e. The molecule has 12 nitrogen and oxygen atoms in total. The van der Waals surface area contributed by atoms with Crippen LogP contribution in [0, 0.1) is 5.92 Å². The number of halogens is 3. The van der Waals surface area contributed by atoms with E-state index in [4.69, 9.17) is 13.9 Å². The molecule has 1 saturated heterocycles. The Morgan fingerprint density at radius 2 is 1.55 bits per heavy atom. The number of amides is 3. The van der Waals surface area contributed by atoms with Crippen molar-refractivity contribution in [2.24, 2.45) is 5.92 Å². The summed E-state index contributed by atoms with van der Waals surface area (Å²) in [5.74, 6) is -2.30. The maximum atomic E-state index is 14.7. The van der Waals surface area contributed by atoms with E-state index in [0.29, 0.717) is 44.0 Å². The van der Waals surface area contributed by atoms with Crippen LogP contribution in [0.5, 0.6) is 0 Å². The smallest absolute Gasteiger partial charge is 0.415 e. The van der Waals surface area contributed by atoms with Gasteiger partial charge in [-0.1, -0.05) is 95.3 Å². The number of alkyl halides is 3. The van der Waals surface area contributed by atoms with Crippen molar-refractivity contribution in [2.75, 3.05) is 44.7 Å². The molecule has 4 rings (SSSR count). The first-order chi connectivity index (χ1) is 26.3. The number of hydrogen-bond donors (Lipinski definition) is 3. The van der Waals surface area contributed by atoms with Crippen molar-refractivity contribution in [3.63, 3.8) is 0 Å². The highest BCUT2D eigenvalue weighted by Gasteiger charge is 2.52. The lowest BCUT2D eigenvalue weighted by Crippen LogP contribution is -2.59. The summed E-state index contributed by atoms with van der Waals surface area (Å²) in [6, 6.07) is 17.1. The van der Waals surface area contributed by atoms with Crippen molar-refractivity contribution in [3.05, 3.63) is 88.2 Å². The number of morpholine rings is 1. The van der Waals surface area contributed by atoms with Crippen LogP contribution in [0.2, 0.25) is 18.1 Å². The molecule has 56 heavy (non-hydrogen) atoms. The first kappa shape index (κ1) is 44.2. The Kier molecular flexibility index (Phi) is 15.1. The average molecular weight is 802 g/mol. The second kappa shape index (κ2) is 19.1. The van der Waals surface area contributed by atoms with Crippen molar-refractivity contribution < 1.29 is 41.5 Å². The van der Waals surface area contributed by atoms with Crippen LogP contribution in [-0.4, -0.2) is 93.4 Å². The fourth-order valence-corrected chi connectivity index (χ4v) is 7.13. The Labute approximate surface area is 327 Å². The third-order valence-electron chi connectivity index (χ3n) is 10.1. The van der Waals surface area contributed by atoms with Crippen molar-refractivity contribution in [2.45, 2.75) is 84.2 Å². The SMILES string of the molecule is CC(C)C(NC(=O)Cn1c(-c2ccccc2)cc(C(=O)NCCN2CCOCC2)c(NC(=O)OCc2ccccc2)c1=O)C(O[Si](C)(C)C(C)(C)C)C(F)(F)F. The second-order valence-corrected chi connectivity index (χ2v) is 20.4. The van der Waals surface area contributed by atoms with Crippen LogP contribution in [0.1, 0.15) is 50.5 Å². The lowest BCUT2D eigenvalue weighted by molar-refractivity contribution is -0.210. The molecule has 0 saturated carbocycles. The molecule has 1 aliphatic rings. The molecule has 0 radical (unpaired) electrons. The molecule has 0 aliphatic carbocycles. The quantitative estimate of drug-likeness (QED) is 0.150. The van der Waals surface area contributed by atoms with Gasteiger partial charge < -0.3 is 24.5 Å². The molecule has 2 aromatic carbocycles. The molecule has 2 heterocycles. The number of pyridine rings is 1. The van der Waals surface area contributed by atoms with Gasteiger partial charge in [-0.25, -0.2) is 4.79 Å². The first-order valence-electron chi connectivity index (χ1n) is 18.7. The standard InChI is InChI=1S/C40H54F3N5O7Si/c1-27(2)33(35(40(41,42)43)55-56(6,7)39(3,4)5)45-32(49)25-48-31(29-16-12-9-13-17-29)24-30(36(50)44-18-19-47-20-22-53-23-21-47)34(37(48)51)46-38(52)54-26-28-14-10-8-11-15-28/h8-17,24,27,33,35H,18-23,25-26H2,1-7H3,(H,44,50)(H,45,49)(H,46,52). The number of ether oxygens (including phenoxy) is 2. The normalized spacial score (nSPS) is 15.2. The Bertz CT molecular complexity index is 1840. The van der Waals surface area contributed by atoms with Gasteiger partial charge in [-0.05, 0) is 41.2 Å². The summed E-state index contributed by atoms with van der Waals surface area (Å²) in [6.45, 7) is 14.3. The van der Waals surface area contributed by atoms with Gasteiger partial charge in [0.1, 0.15) is 18.8 Å². The molecule has 3 N–H and O–H groups in total. The lowest BCUT2D eigenvalue weighted by atomic mass is 9.98. The molecule has 1 aliphatic heterocycles. The van der Waals surface area contributed by atoms with Gasteiger partial charge in [0.05, 0.1) is 30.5 Å². The van der Waals surface area contributed by atoms with E-state index in [1.165, 1.54) is 6.07 Å². The Hall–Kier alpha value is -4.51. The molecule has 2 atom stereocenters. The van der Waals surface area contributed by atoms with Gasteiger partial charge in [-0.3, -0.25) is 29.2 Å². The zero-order valence-corrected chi connectivity index (χ0v) is 34.1. The first-order valence-corrected chi connectivity index (χ1v) is 21.6. The van der Waals surface area contributed by atoms with E-state index < -0.39 is 73.3 Å². The summed E-state index contributed by atoms with van der Waals surface area (Å²) in [4.78, 5) is 57.4. The van der Waals surface area contributed by atoms with Crippen LogP contribution in [0.15, 0.2) is 71.5 Å². The van der Waals surface area contributed by atoms with Crippen LogP contribution >= 0.6 is 0 Å². The fraction of sp³-hybridized carbons (Fsp3) is 0.500. The van der Waals surface area contributed by atoms with Crippen LogP contribution in [0.3, 0.4) is 0 Å². The van der Waals surface area contributed by atoms with E-state index >= 15 is 0 Å². The third-order valence-corrected chi connectivity index (χ3v) is 14.6. The molecule has 0 spiro atoms. The number of carbonyl (C=O) groups excluding carboxylic acids is 3. The number of rotatable bonds is 15. The van der Waals surface area contributed by atoms with Gasteiger partial charge in [0.2, 0.25) is 5.91 Å². The monoisotopic (exact) mass is 801 g/mol. The fourth-order valence-electron chi connectivity index (χ4n) is 5.87. The summed E-state index contributed by atoms with van der Waals surface area (Å²) in [5, 5.41) is 7.21. The summed E-state index contributed by atoms with van der Waals surface area (Å²) in [7, 11) is -2.99. The molecule has 3 aromatic rings. The van der Waals surface area contributed by atoms with E-state index in [0.717, 1.165) is 4.57 Å². The zero-order valence-electron chi connectivity index (χ0n) is 33.1. The molecule has 1 fully saturated rings. The van der Waals surface area contributed by atoms with Gasteiger partial charge in [0.25, 0.3) is 11.5 Å². The number of nitrogens with one attached hydrogen (secondary N) is 3. The van der Waals surface area contributed by atoms with E-state index in [1.54, 1.807) is 87.6 Å². The highest BCUT2D eigenvalue weighted by molar-refractivity contribution is 6.74. The van der Waals surface area contributed by atoms with Crippen molar-refractivity contribution >= 4 is 31.9 Å². The number of anilines is 1. The number of nitrogens with zero attached hydrogens (tertiary/aromatic N) is 2. The number of carbonyl (C=O) groups is 3. The molecule has 3 amide bonds. The zero-order chi connectivity index (χ0) is 41.3.